The number of hydrogen-bond donors (Lipinski definition) is 0. The van der Waals surface area contributed by atoms with Crippen LogP contribution < -0.4 is 4.90 Å². The third-order valence-electron chi connectivity index (χ3n) is 4.36. The van der Waals surface area contributed by atoms with Gasteiger partial charge < -0.3 is 4.90 Å². The summed E-state index contributed by atoms with van der Waals surface area (Å²) in [5, 5.41) is 8.85. The zero-order valence-corrected chi connectivity index (χ0v) is 11.4. The molecule has 2 bridgehead atoms. The SMILES string of the molecule is c1ccc(-c2ccc(N3CCN4CCC3C4)nn2)cc1. The van der Waals surface area contributed by atoms with Crippen molar-refractivity contribution in [1.82, 2.24) is 15.1 Å². The monoisotopic (exact) mass is 266 g/mol. The number of nitrogens with zero attached hydrogens (tertiary/aromatic N) is 4. The van der Waals surface area contributed by atoms with E-state index in [4.69, 9.17) is 0 Å². The quantitative estimate of drug-likeness (QED) is 0.832. The molecule has 0 radical (unpaired) electrons. The molecule has 0 N–H and O–H groups in total. The molecule has 102 valence electrons. The van der Waals surface area contributed by atoms with E-state index < -0.39 is 0 Å². The predicted molar refractivity (Wildman–Crippen MR) is 79.7 cm³/mol. The summed E-state index contributed by atoms with van der Waals surface area (Å²) in [6.45, 7) is 4.64. The lowest BCUT2D eigenvalue weighted by Crippen LogP contribution is -2.47. The fourth-order valence-corrected chi connectivity index (χ4v) is 3.24. The molecule has 3 heterocycles. The summed E-state index contributed by atoms with van der Waals surface area (Å²) in [4.78, 5) is 4.96. The third kappa shape index (κ3) is 2.06. The summed E-state index contributed by atoms with van der Waals surface area (Å²) in [7, 11) is 0. The summed E-state index contributed by atoms with van der Waals surface area (Å²) in [6, 6.07) is 15.0. The molecule has 0 saturated carbocycles. The number of fused-ring (bicyclic) bond motifs is 2. The lowest BCUT2D eigenvalue weighted by atomic mass is 10.1. The highest BCUT2D eigenvalue weighted by Gasteiger charge is 2.33. The molecule has 4 heteroatoms. The van der Waals surface area contributed by atoms with Crippen molar-refractivity contribution >= 4 is 5.82 Å². The van der Waals surface area contributed by atoms with Crippen LogP contribution in [0.3, 0.4) is 0 Å². The smallest absolute Gasteiger partial charge is 0.151 e. The maximum Gasteiger partial charge on any atom is 0.151 e. The van der Waals surface area contributed by atoms with Gasteiger partial charge in [-0.1, -0.05) is 30.3 Å². The van der Waals surface area contributed by atoms with Gasteiger partial charge in [0, 0.05) is 37.8 Å². The molecule has 4 rings (SSSR count). The molecule has 2 fully saturated rings. The van der Waals surface area contributed by atoms with Crippen molar-refractivity contribution < 1.29 is 0 Å². The highest BCUT2D eigenvalue weighted by molar-refractivity contribution is 5.59. The van der Waals surface area contributed by atoms with Crippen LogP contribution in [0, 0.1) is 0 Å². The zero-order chi connectivity index (χ0) is 13.4. The molecule has 20 heavy (non-hydrogen) atoms. The molecule has 0 aliphatic carbocycles. The molecule has 2 aliphatic heterocycles. The van der Waals surface area contributed by atoms with Crippen LogP contribution in [0.1, 0.15) is 6.42 Å². The lowest BCUT2D eigenvalue weighted by molar-refractivity contribution is 0.310. The van der Waals surface area contributed by atoms with E-state index in [9.17, 15) is 0 Å². The van der Waals surface area contributed by atoms with Gasteiger partial charge in [-0.15, -0.1) is 10.2 Å². The first-order valence-electron chi connectivity index (χ1n) is 7.28. The van der Waals surface area contributed by atoms with Crippen molar-refractivity contribution in [2.75, 3.05) is 31.1 Å². The van der Waals surface area contributed by atoms with Gasteiger partial charge in [0.05, 0.1) is 5.69 Å². The Morgan fingerprint density at radius 2 is 1.80 bits per heavy atom. The highest BCUT2D eigenvalue weighted by atomic mass is 15.4. The summed E-state index contributed by atoms with van der Waals surface area (Å²) in [5.74, 6) is 1.02. The van der Waals surface area contributed by atoms with Crippen molar-refractivity contribution in [1.29, 1.82) is 0 Å². The molecular formula is C16H18N4. The molecule has 1 aromatic heterocycles. The number of piperazine rings is 1. The molecule has 2 aliphatic rings. The maximum absolute atomic E-state index is 4.45. The van der Waals surface area contributed by atoms with Crippen LogP contribution in [0.25, 0.3) is 11.3 Å². The molecule has 2 aromatic rings. The molecule has 2 saturated heterocycles. The summed E-state index contributed by atoms with van der Waals surface area (Å²) in [6.07, 6.45) is 1.25. The molecule has 2 atom stereocenters. The average molecular weight is 266 g/mol. The van der Waals surface area contributed by atoms with Crippen LogP contribution in [0.15, 0.2) is 42.5 Å². The highest BCUT2D eigenvalue weighted by Crippen LogP contribution is 2.26. The number of rotatable bonds is 2. The topological polar surface area (TPSA) is 32.3 Å². The Balaban J connectivity index is 1.58. The molecular weight excluding hydrogens is 248 g/mol. The Hall–Kier alpha value is -1.94. The maximum atomic E-state index is 4.45. The first kappa shape index (κ1) is 11.9. The van der Waals surface area contributed by atoms with Crippen LogP contribution >= 0.6 is 0 Å². The fourth-order valence-electron chi connectivity index (χ4n) is 3.24. The number of benzene rings is 1. The standard InChI is InChI=1S/C16H18N4/c1-2-4-13(5-3-1)15-6-7-16(18-17-15)20-11-10-19-9-8-14(20)12-19/h1-7,14H,8-12H2. The van der Waals surface area contributed by atoms with Crippen molar-refractivity contribution in [2.24, 2.45) is 0 Å². The number of anilines is 1. The molecule has 0 amide bonds. The normalized spacial score (nSPS) is 24.9. The van der Waals surface area contributed by atoms with E-state index >= 15 is 0 Å². The Bertz CT molecular complexity index is 581. The summed E-state index contributed by atoms with van der Waals surface area (Å²) >= 11 is 0. The van der Waals surface area contributed by atoms with Crippen LogP contribution in [-0.2, 0) is 0 Å². The van der Waals surface area contributed by atoms with Crippen LogP contribution in [-0.4, -0.2) is 47.3 Å². The van der Waals surface area contributed by atoms with Gasteiger partial charge in [-0.25, -0.2) is 0 Å². The van der Waals surface area contributed by atoms with E-state index in [-0.39, 0.29) is 0 Å². The van der Waals surface area contributed by atoms with Crippen molar-refractivity contribution in [3.05, 3.63) is 42.5 Å². The first-order valence-corrected chi connectivity index (χ1v) is 7.28. The Labute approximate surface area is 119 Å². The predicted octanol–water partition coefficient (Wildman–Crippen LogP) is 2.04. The molecule has 0 spiro atoms. The van der Waals surface area contributed by atoms with Gasteiger partial charge in [0.1, 0.15) is 0 Å². The van der Waals surface area contributed by atoms with E-state index in [1.165, 1.54) is 19.5 Å². The second kappa shape index (κ2) is 4.87. The van der Waals surface area contributed by atoms with E-state index in [0.717, 1.165) is 30.2 Å². The van der Waals surface area contributed by atoms with Crippen LogP contribution in [0.4, 0.5) is 5.82 Å². The number of hydrogen-bond acceptors (Lipinski definition) is 4. The van der Waals surface area contributed by atoms with E-state index in [0.29, 0.717) is 6.04 Å². The summed E-state index contributed by atoms with van der Waals surface area (Å²) < 4.78 is 0. The van der Waals surface area contributed by atoms with Gasteiger partial charge in [0.15, 0.2) is 5.82 Å². The Kier molecular flexibility index (Phi) is 2.89. The minimum atomic E-state index is 0.626. The van der Waals surface area contributed by atoms with Crippen LogP contribution in [0.5, 0.6) is 0 Å². The van der Waals surface area contributed by atoms with Crippen molar-refractivity contribution in [3.8, 4) is 11.3 Å². The van der Waals surface area contributed by atoms with Crippen molar-refractivity contribution in [2.45, 2.75) is 12.5 Å². The average Bonchev–Trinajstić information content (AvgIpc) is 2.90. The van der Waals surface area contributed by atoms with Gasteiger partial charge in [-0.2, -0.15) is 0 Å². The Morgan fingerprint density at radius 1 is 0.900 bits per heavy atom. The van der Waals surface area contributed by atoms with Gasteiger partial charge in [-0.3, -0.25) is 4.90 Å². The minimum Gasteiger partial charge on any atom is -0.350 e. The van der Waals surface area contributed by atoms with E-state index in [2.05, 4.69) is 44.3 Å². The van der Waals surface area contributed by atoms with Gasteiger partial charge in [0.2, 0.25) is 0 Å². The Morgan fingerprint density at radius 3 is 2.60 bits per heavy atom. The second-order valence-corrected chi connectivity index (χ2v) is 5.58. The third-order valence-corrected chi connectivity index (χ3v) is 4.36. The largest absolute Gasteiger partial charge is 0.350 e. The van der Waals surface area contributed by atoms with Gasteiger partial charge in [-0.05, 0) is 18.6 Å². The molecule has 4 nitrogen and oxygen atoms in total. The van der Waals surface area contributed by atoms with Gasteiger partial charge >= 0.3 is 0 Å². The lowest BCUT2D eigenvalue weighted by Gasteiger charge is -2.34. The molecule has 2 unspecified atom stereocenters. The molecule has 1 aromatic carbocycles. The minimum absolute atomic E-state index is 0.626. The van der Waals surface area contributed by atoms with Crippen molar-refractivity contribution in [3.63, 3.8) is 0 Å². The first-order chi connectivity index (χ1) is 9.90. The second-order valence-electron chi connectivity index (χ2n) is 5.58. The van der Waals surface area contributed by atoms with Gasteiger partial charge in [0.25, 0.3) is 0 Å². The van der Waals surface area contributed by atoms with E-state index in [1.54, 1.807) is 0 Å². The fraction of sp³-hybridized carbons (Fsp3) is 0.375. The zero-order valence-electron chi connectivity index (χ0n) is 11.4. The summed E-state index contributed by atoms with van der Waals surface area (Å²) in [5.41, 5.74) is 2.07. The van der Waals surface area contributed by atoms with Crippen LogP contribution in [0.2, 0.25) is 0 Å². The van der Waals surface area contributed by atoms with E-state index in [1.807, 2.05) is 18.2 Å². The number of aromatic nitrogens is 2.